The first-order valence-corrected chi connectivity index (χ1v) is 10.3. The molecule has 3 aromatic rings. The number of amides is 1. The molecule has 0 aliphatic carbocycles. The summed E-state index contributed by atoms with van der Waals surface area (Å²) in [5, 5.41) is 12.9. The SMILES string of the molecule is COc1cc(/C=C(\C#N)c2ccc(C)cc2)ccc1OCC(=O)Nc1ccc(C)c(Cl)c1. The fraction of sp³-hybridized carbons (Fsp3) is 0.154. The van der Waals surface area contributed by atoms with Crippen molar-refractivity contribution in [1.82, 2.24) is 0 Å². The van der Waals surface area contributed by atoms with E-state index in [1.807, 2.05) is 44.2 Å². The number of hydrogen-bond acceptors (Lipinski definition) is 4. The van der Waals surface area contributed by atoms with E-state index in [1.54, 1.807) is 36.4 Å². The Morgan fingerprint density at radius 1 is 1.06 bits per heavy atom. The second kappa shape index (κ2) is 10.5. The number of carbonyl (C=O) groups excluding carboxylic acids is 1. The molecule has 0 spiro atoms. The average molecular weight is 447 g/mol. The van der Waals surface area contributed by atoms with Gasteiger partial charge in [0, 0.05) is 10.7 Å². The molecule has 6 heteroatoms. The summed E-state index contributed by atoms with van der Waals surface area (Å²) in [7, 11) is 1.52. The smallest absolute Gasteiger partial charge is 0.262 e. The van der Waals surface area contributed by atoms with Crippen LogP contribution in [0.15, 0.2) is 60.7 Å². The zero-order chi connectivity index (χ0) is 23.1. The molecule has 162 valence electrons. The number of allylic oxidation sites excluding steroid dienone is 1. The van der Waals surface area contributed by atoms with Crippen molar-refractivity contribution in [2.24, 2.45) is 0 Å². The van der Waals surface area contributed by atoms with E-state index in [2.05, 4.69) is 11.4 Å². The van der Waals surface area contributed by atoms with E-state index >= 15 is 0 Å². The summed E-state index contributed by atoms with van der Waals surface area (Å²) < 4.78 is 11.1. The number of nitrogens with zero attached hydrogens (tertiary/aromatic N) is 1. The molecule has 5 nitrogen and oxygen atoms in total. The Morgan fingerprint density at radius 3 is 2.47 bits per heavy atom. The lowest BCUT2D eigenvalue weighted by Crippen LogP contribution is -2.20. The highest BCUT2D eigenvalue weighted by Gasteiger charge is 2.10. The largest absolute Gasteiger partial charge is 0.493 e. The Labute approximate surface area is 192 Å². The molecule has 0 bridgehead atoms. The van der Waals surface area contributed by atoms with E-state index in [-0.39, 0.29) is 12.5 Å². The van der Waals surface area contributed by atoms with Crippen LogP contribution in [-0.4, -0.2) is 19.6 Å². The van der Waals surface area contributed by atoms with Crippen LogP contribution in [0.4, 0.5) is 5.69 Å². The first-order valence-electron chi connectivity index (χ1n) is 9.95. The number of rotatable bonds is 7. The van der Waals surface area contributed by atoms with Crippen LogP contribution < -0.4 is 14.8 Å². The molecule has 0 radical (unpaired) electrons. The molecule has 0 heterocycles. The van der Waals surface area contributed by atoms with Gasteiger partial charge in [-0.05, 0) is 60.9 Å². The Kier molecular flexibility index (Phi) is 7.54. The highest BCUT2D eigenvalue weighted by Crippen LogP contribution is 2.30. The van der Waals surface area contributed by atoms with Gasteiger partial charge in [-0.25, -0.2) is 0 Å². The summed E-state index contributed by atoms with van der Waals surface area (Å²) in [5.74, 6) is 0.573. The molecule has 0 fully saturated rings. The third-order valence-electron chi connectivity index (χ3n) is 4.80. The minimum absolute atomic E-state index is 0.191. The van der Waals surface area contributed by atoms with Crippen LogP contribution >= 0.6 is 11.6 Å². The highest BCUT2D eigenvalue weighted by atomic mass is 35.5. The maximum atomic E-state index is 12.2. The van der Waals surface area contributed by atoms with Gasteiger partial charge in [0.05, 0.1) is 18.8 Å². The van der Waals surface area contributed by atoms with Crippen LogP contribution in [0.5, 0.6) is 11.5 Å². The molecule has 0 saturated carbocycles. The molecular formula is C26H23ClN2O3. The summed E-state index contributed by atoms with van der Waals surface area (Å²) in [6.45, 7) is 3.70. The van der Waals surface area contributed by atoms with E-state index in [9.17, 15) is 10.1 Å². The number of hydrogen-bond donors (Lipinski definition) is 1. The zero-order valence-electron chi connectivity index (χ0n) is 18.1. The van der Waals surface area contributed by atoms with Gasteiger partial charge >= 0.3 is 0 Å². The molecule has 0 aliphatic rings. The number of nitrogens with one attached hydrogen (secondary N) is 1. The van der Waals surface area contributed by atoms with E-state index in [0.29, 0.717) is 27.8 Å². The Morgan fingerprint density at radius 2 is 1.81 bits per heavy atom. The van der Waals surface area contributed by atoms with E-state index in [0.717, 1.165) is 22.3 Å². The van der Waals surface area contributed by atoms with E-state index in [1.165, 1.54) is 7.11 Å². The number of anilines is 1. The third-order valence-corrected chi connectivity index (χ3v) is 5.20. The third kappa shape index (κ3) is 5.90. The van der Waals surface area contributed by atoms with Gasteiger partial charge in [0.25, 0.3) is 5.91 Å². The number of benzene rings is 3. The zero-order valence-corrected chi connectivity index (χ0v) is 18.9. The van der Waals surface area contributed by atoms with E-state index in [4.69, 9.17) is 21.1 Å². The number of halogens is 1. The summed E-state index contributed by atoms with van der Waals surface area (Å²) in [5.41, 5.74) is 4.82. The predicted molar refractivity (Wildman–Crippen MR) is 128 cm³/mol. The van der Waals surface area contributed by atoms with Crippen molar-refractivity contribution < 1.29 is 14.3 Å². The lowest BCUT2D eigenvalue weighted by molar-refractivity contribution is -0.118. The molecule has 0 aromatic heterocycles. The fourth-order valence-corrected chi connectivity index (χ4v) is 3.16. The van der Waals surface area contributed by atoms with Gasteiger partial charge in [-0.3, -0.25) is 4.79 Å². The van der Waals surface area contributed by atoms with Crippen LogP contribution in [-0.2, 0) is 4.79 Å². The van der Waals surface area contributed by atoms with Gasteiger partial charge in [-0.2, -0.15) is 5.26 Å². The second-order valence-corrected chi connectivity index (χ2v) is 7.65. The minimum atomic E-state index is -0.318. The first-order chi connectivity index (χ1) is 15.4. The summed E-state index contributed by atoms with van der Waals surface area (Å²) in [6.07, 6.45) is 1.78. The lowest BCUT2D eigenvalue weighted by Gasteiger charge is -2.12. The summed E-state index contributed by atoms with van der Waals surface area (Å²) in [4.78, 5) is 12.2. The van der Waals surface area contributed by atoms with Gasteiger partial charge in [-0.1, -0.05) is 53.6 Å². The summed E-state index contributed by atoms with van der Waals surface area (Å²) in [6, 6.07) is 20.6. The van der Waals surface area contributed by atoms with E-state index < -0.39 is 0 Å². The van der Waals surface area contributed by atoms with Gasteiger partial charge in [0.1, 0.15) is 0 Å². The molecule has 3 aromatic carbocycles. The molecule has 1 amide bonds. The number of ether oxygens (including phenoxy) is 2. The van der Waals surface area contributed by atoms with Crippen LogP contribution in [0.3, 0.4) is 0 Å². The van der Waals surface area contributed by atoms with Crippen molar-refractivity contribution in [2.45, 2.75) is 13.8 Å². The van der Waals surface area contributed by atoms with Gasteiger partial charge < -0.3 is 14.8 Å². The first kappa shape index (κ1) is 22.9. The van der Waals surface area contributed by atoms with Crippen molar-refractivity contribution in [3.05, 3.63) is 87.9 Å². The van der Waals surface area contributed by atoms with Crippen LogP contribution in [0, 0.1) is 25.2 Å². The van der Waals surface area contributed by atoms with Gasteiger partial charge in [0.15, 0.2) is 18.1 Å². The quantitative estimate of drug-likeness (QED) is 0.354. The maximum Gasteiger partial charge on any atom is 0.262 e. The normalized spacial score (nSPS) is 10.9. The van der Waals surface area contributed by atoms with Crippen molar-refractivity contribution in [3.63, 3.8) is 0 Å². The Hall–Kier alpha value is -3.75. The Bertz CT molecular complexity index is 1190. The summed E-state index contributed by atoms with van der Waals surface area (Å²) >= 11 is 6.09. The van der Waals surface area contributed by atoms with Crippen molar-refractivity contribution in [1.29, 1.82) is 5.26 Å². The standard InChI is InChI=1S/C26H23ClN2O3/c1-17-4-8-20(9-5-17)21(15-28)12-19-7-11-24(25(13-19)31-3)32-16-26(30)29-22-10-6-18(2)23(27)14-22/h4-14H,16H2,1-3H3,(H,29,30)/b21-12+. The van der Waals surface area contributed by atoms with Crippen LogP contribution in [0.25, 0.3) is 11.6 Å². The predicted octanol–water partition coefficient (Wildman–Crippen LogP) is 6.05. The molecule has 0 aliphatic heterocycles. The molecule has 1 N–H and O–H groups in total. The number of methoxy groups -OCH3 is 1. The molecule has 32 heavy (non-hydrogen) atoms. The molecular weight excluding hydrogens is 424 g/mol. The monoisotopic (exact) mass is 446 g/mol. The molecule has 0 unspecified atom stereocenters. The van der Waals surface area contributed by atoms with Crippen LogP contribution in [0.1, 0.15) is 22.3 Å². The highest BCUT2D eigenvalue weighted by molar-refractivity contribution is 6.31. The number of carbonyl (C=O) groups is 1. The molecule has 0 atom stereocenters. The maximum absolute atomic E-state index is 12.2. The van der Waals surface area contributed by atoms with Crippen molar-refractivity contribution in [2.75, 3.05) is 19.0 Å². The minimum Gasteiger partial charge on any atom is -0.493 e. The average Bonchev–Trinajstić information content (AvgIpc) is 2.79. The topological polar surface area (TPSA) is 71.3 Å². The second-order valence-electron chi connectivity index (χ2n) is 7.25. The van der Waals surface area contributed by atoms with Gasteiger partial charge in [-0.15, -0.1) is 0 Å². The fourth-order valence-electron chi connectivity index (χ4n) is 2.98. The number of aryl methyl sites for hydroxylation is 2. The molecule has 0 saturated heterocycles. The van der Waals surface area contributed by atoms with Crippen LogP contribution in [0.2, 0.25) is 5.02 Å². The van der Waals surface area contributed by atoms with Crippen molar-refractivity contribution >= 4 is 34.8 Å². The molecule has 3 rings (SSSR count). The lowest BCUT2D eigenvalue weighted by atomic mass is 10.0. The van der Waals surface area contributed by atoms with Crippen molar-refractivity contribution in [3.8, 4) is 17.6 Å². The van der Waals surface area contributed by atoms with Gasteiger partial charge in [0.2, 0.25) is 0 Å². The number of nitriles is 1. The Balaban J connectivity index is 1.70.